The van der Waals surface area contributed by atoms with Gasteiger partial charge >= 0.3 is 10.1 Å². The number of hydrogen-bond donors (Lipinski definition) is 7. The van der Waals surface area contributed by atoms with E-state index in [4.69, 9.17) is 34.3 Å². The van der Waals surface area contributed by atoms with Crippen LogP contribution in [0.5, 0.6) is 11.5 Å². The number of benzene rings is 2. The Morgan fingerprint density at radius 2 is 1.57 bits per heavy atom. The van der Waals surface area contributed by atoms with Crippen LogP contribution >= 0.6 is 0 Å². The van der Waals surface area contributed by atoms with Crippen molar-refractivity contribution >= 4 is 21.9 Å². The first-order valence-electron chi connectivity index (χ1n) is 23.5. The van der Waals surface area contributed by atoms with Gasteiger partial charge in [0.1, 0.15) is 6.10 Å². The summed E-state index contributed by atoms with van der Waals surface area (Å²) in [4.78, 5) is 23.9. The monoisotopic (exact) mass is 982 g/mol. The van der Waals surface area contributed by atoms with Gasteiger partial charge in [0, 0.05) is 50.6 Å². The third-order valence-electron chi connectivity index (χ3n) is 10.6. The largest absolute Gasteiger partial charge is 0.458 e. The Kier molecular flexibility index (Phi) is 27.6. The minimum absolute atomic E-state index is 0.0317. The average Bonchev–Trinajstić information content (AvgIpc) is 3.74. The molecule has 0 radical (unpaired) electrons. The first-order valence-corrected chi connectivity index (χ1v) is 25.0. The summed E-state index contributed by atoms with van der Waals surface area (Å²) in [5.74, 6) is 0.0231. The zero-order valence-electron chi connectivity index (χ0n) is 42.5. The second-order valence-corrected chi connectivity index (χ2v) is 21.1. The summed E-state index contributed by atoms with van der Waals surface area (Å²) in [5.41, 5.74) is 6.74. The van der Waals surface area contributed by atoms with Crippen LogP contribution in [0.2, 0.25) is 0 Å². The molecule has 68 heavy (non-hydrogen) atoms. The van der Waals surface area contributed by atoms with Crippen LogP contribution in [-0.2, 0) is 31.6 Å². The normalized spacial score (nSPS) is 16.7. The van der Waals surface area contributed by atoms with E-state index in [0.29, 0.717) is 50.0 Å². The van der Waals surface area contributed by atoms with Gasteiger partial charge in [-0.2, -0.15) is 8.42 Å². The lowest BCUT2D eigenvalue weighted by atomic mass is 10.0. The van der Waals surface area contributed by atoms with E-state index in [1.54, 1.807) is 24.3 Å². The van der Waals surface area contributed by atoms with Crippen LogP contribution in [0, 0.1) is 11.8 Å². The van der Waals surface area contributed by atoms with Crippen molar-refractivity contribution in [2.75, 3.05) is 33.5 Å². The van der Waals surface area contributed by atoms with Crippen LogP contribution in [0.3, 0.4) is 0 Å². The quantitative estimate of drug-likeness (QED) is 0.0551. The van der Waals surface area contributed by atoms with E-state index in [9.17, 15) is 33.3 Å². The number of carbonyl (C=O) groups is 2. The van der Waals surface area contributed by atoms with Crippen LogP contribution in [0.25, 0.3) is 0 Å². The molecule has 19 heteroatoms. The number of aromatic nitrogens is 3. The maximum atomic E-state index is 13.0. The van der Waals surface area contributed by atoms with E-state index in [1.165, 1.54) is 32.0 Å². The zero-order valence-corrected chi connectivity index (χ0v) is 43.3. The summed E-state index contributed by atoms with van der Waals surface area (Å²) < 4.78 is 49.6. The van der Waals surface area contributed by atoms with Gasteiger partial charge in [-0.3, -0.25) is 9.59 Å². The molecule has 8 N–H and O–H groups in total. The van der Waals surface area contributed by atoms with Crippen LogP contribution in [0.4, 0.5) is 0 Å². The number of primary amides is 1. The van der Waals surface area contributed by atoms with Crippen LogP contribution in [-0.4, -0.2) is 124 Å². The van der Waals surface area contributed by atoms with Crippen LogP contribution in [0.15, 0.2) is 48.7 Å². The highest BCUT2D eigenvalue weighted by Crippen LogP contribution is 2.33. The van der Waals surface area contributed by atoms with Gasteiger partial charge < -0.3 is 55.0 Å². The molecule has 0 aliphatic carbocycles. The molecule has 18 nitrogen and oxygen atoms in total. The van der Waals surface area contributed by atoms with E-state index >= 15 is 0 Å². The summed E-state index contributed by atoms with van der Waals surface area (Å²) >= 11 is 0. The molecule has 2 unspecified atom stereocenters. The molecule has 4 atom stereocenters. The molecule has 0 saturated carbocycles. The van der Waals surface area contributed by atoms with Crippen LogP contribution < -0.4 is 20.0 Å². The first-order chi connectivity index (χ1) is 31.8. The van der Waals surface area contributed by atoms with E-state index in [-0.39, 0.29) is 35.6 Å². The fraction of sp³-hybridized carbons (Fsp3) is 0.673. The Morgan fingerprint density at radius 1 is 0.941 bits per heavy atom. The van der Waals surface area contributed by atoms with Crippen molar-refractivity contribution in [2.24, 2.45) is 17.6 Å². The Morgan fingerprint density at radius 3 is 2.10 bits per heavy atom. The zero-order chi connectivity index (χ0) is 51.8. The van der Waals surface area contributed by atoms with Gasteiger partial charge in [0.05, 0.1) is 40.9 Å². The van der Waals surface area contributed by atoms with Gasteiger partial charge in [-0.1, -0.05) is 64.8 Å². The number of hydrogen-bond acceptors (Lipinski definition) is 15. The van der Waals surface area contributed by atoms with Crippen molar-refractivity contribution in [3.05, 3.63) is 71.0 Å². The fourth-order valence-corrected chi connectivity index (χ4v) is 6.76. The molecule has 1 aliphatic heterocycles. The molecule has 1 aliphatic rings. The molecule has 1 saturated heterocycles. The second-order valence-electron chi connectivity index (χ2n) is 19.0. The summed E-state index contributed by atoms with van der Waals surface area (Å²) in [5, 5.41) is 55.5. The molecule has 1 fully saturated rings. The topological polar surface area (TPSA) is 275 Å². The average molecular weight is 982 g/mol. The van der Waals surface area contributed by atoms with Crippen molar-refractivity contribution in [1.29, 1.82) is 0 Å². The molecule has 2 heterocycles. The SMILES string of the molecule is CC(C)CCO.CC(C)Cc1cn(C(C)(C)CCOC(C)(C)CCNC(=O)c2ccc(O[C@@H]3OC[C@H](O)CC3O)c(OS(=O)(=O)C(C)C)c2)nn1.CCCCC(O)c1ccc(C(N)=O)cc1.CO. The molecule has 1 aromatic heterocycles. The molecule has 4 rings (SSSR count). The maximum Gasteiger partial charge on any atom is 0.311 e. The third-order valence-corrected chi connectivity index (χ3v) is 12.2. The highest BCUT2D eigenvalue weighted by Gasteiger charge is 2.32. The van der Waals surface area contributed by atoms with Gasteiger partial charge in [0.25, 0.3) is 5.91 Å². The number of nitrogens with two attached hydrogens (primary N) is 1. The number of rotatable bonds is 23. The van der Waals surface area contributed by atoms with Crippen molar-refractivity contribution in [2.45, 2.75) is 169 Å². The number of aliphatic hydroxyl groups is 5. The second kappa shape index (κ2) is 30.4. The summed E-state index contributed by atoms with van der Waals surface area (Å²) in [6, 6.07) is 10.9. The number of nitrogens with zero attached hydrogens (tertiary/aromatic N) is 3. The molecule has 388 valence electrons. The standard InChI is InChI=1S/C31H50N4O9S.C12H17NO2.C5H12O.CH4O/c1-20(2)15-23-18-35(34-33-23)30(5,6)12-14-42-31(7,8)11-13-32-28(38)22-9-10-26(27(16-22)44-45(39,40)21(3)4)43-29-25(37)17-24(36)19-41-29;1-2-3-4-11(14)9-5-7-10(8-6-9)12(13)15;1-5(2)3-4-6;1-2/h9-10,16,18,20-21,24-25,29,36-37H,11-15,17,19H2,1-8H3,(H,32,38);5-8,11,14H,2-4H2,1H3,(H2,13,15);5-6H,3-4H2,1-2H3;2H,1H3/t24-,25?,29+;;;/m1.../s1. The number of unbranched alkanes of at least 4 members (excludes halogenated alkanes) is 1. The van der Waals surface area contributed by atoms with Gasteiger partial charge in [-0.05, 0) is 121 Å². The van der Waals surface area contributed by atoms with E-state index in [0.717, 1.165) is 50.5 Å². The van der Waals surface area contributed by atoms with Gasteiger partial charge in [-0.25, -0.2) is 4.68 Å². The minimum Gasteiger partial charge on any atom is -0.458 e. The Balaban J connectivity index is 0.000000824. The van der Waals surface area contributed by atoms with Gasteiger partial charge in [-0.15, -0.1) is 5.10 Å². The first kappa shape index (κ1) is 61.8. The van der Waals surface area contributed by atoms with E-state index < -0.39 is 57.4 Å². The number of amides is 2. The lowest BCUT2D eigenvalue weighted by molar-refractivity contribution is -0.199. The Labute approximate surface area is 405 Å². The van der Waals surface area contributed by atoms with Crippen molar-refractivity contribution in [1.82, 2.24) is 20.3 Å². The lowest BCUT2D eigenvalue weighted by Crippen LogP contribution is -2.44. The highest BCUT2D eigenvalue weighted by atomic mass is 32.2. The predicted molar refractivity (Wildman–Crippen MR) is 262 cm³/mol. The van der Waals surface area contributed by atoms with Crippen molar-refractivity contribution < 1.29 is 61.9 Å². The highest BCUT2D eigenvalue weighted by molar-refractivity contribution is 7.87. The summed E-state index contributed by atoms with van der Waals surface area (Å²) in [6.07, 6.45) is 4.32. The number of ether oxygens (including phenoxy) is 3. The van der Waals surface area contributed by atoms with Gasteiger partial charge in [0.2, 0.25) is 12.2 Å². The van der Waals surface area contributed by atoms with E-state index in [2.05, 4.69) is 64.1 Å². The van der Waals surface area contributed by atoms with Crippen molar-refractivity contribution in [3.63, 3.8) is 0 Å². The predicted octanol–water partition coefficient (Wildman–Crippen LogP) is 5.82. The molecule has 0 bridgehead atoms. The van der Waals surface area contributed by atoms with Gasteiger partial charge in [0.15, 0.2) is 11.5 Å². The molecular weight excluding hydrogens is 899 g/mol. The summed E-state index contributed by atoms with van der Waals surface area (Å²) in [7, 11) is -3.04. The maximum absolute atomic E-state index is 13.0. The summed E-state index contributed by atoms with van der Waals surface area (Å²) in [6.45, 7) is 22.7. The lowest BCUT2D eigenvalue weighted by Gasteiger charge is -2.31. The molecule has 0 spiro atoms. The number of aliphatic hydroxyl groups excluding tert-OH is 5. The minimum atomic E-state index is -4.04. The van der Waals surface area contributed by atoms with Crippen LogP contribution in [0.1, 0.15) is 159 Å². The number of carbonyl (C=O) groups excluding carboxylic acids is 2. The molecule has 2 amide bonds. The Hall–Kier alpha value is -4.21. The fourth-order valence-electron chi connectivity index (χ4n) is 6.19. The molecular formula is C49H83N5O13S. The third kappa shape index (κ3) is 22.9. The Bertz CT molecular complexity index is 2010. The van der Waals surface area contributed by atoms with Crippen molar-refractivity contribution in [3.8, 4) is 11.5 Å². The molecule has 2 aromatic carbocycles. The smallest absolute Gasteiger partial charge is 0.311 e. The van der Waals surface area contributed by atoms with E-state index in [1.807, 2.05) is 24.7 Å². The number of nitrogens with one attached hydrogen (secondary N) is 1. The molecule has 3 aromatic rings.